The molecule has 0 aromatic heterocycles. The molecule has 104 valence electrons. The van der Waals surface area contributed by atoms with Gasteiger partial charge in [-0.05, 0) is 45.1 Å². The third-order valence-electron chi connectivity index (χ3n) is 4.77. The van der Waals surface area contributed by atoms with E-state index in [1.165, 1.54) is 25.7 Å². The number of nitrogens with one attached hydrogen (secondary N) is 1. The highest BCUT2D eigenvalue weighted by Gasteiger charge is 2.47. The van der Waals surface area contributed by atoms with E-state index < -0.39 is 11.5 Å². The van der Waals surface area contributed by atoms with Crippen molar-refractivity contribution in [3.8, 4) is 0 Å². The molecule has 4 nitrogen and oxygen atoms in total. The van der Waals surface area contributed by atoms with Crippen LogP contribution in [0, 0.1) is 5.92 Å². The maximum Gasteiger partial charge on any atom is 0.324 e. The normalized spacial score (nSPS) is 33.1. The zero-order valence-corrected chi connectivity index (χ0v) is 11.3. The molecule has 2 saturated carbocycles. The van der Waals surface area contributed by atoms with Gasteiger partial charge in [-0.2, -0.15) is 0 Å². The average molecular weight is 255 g/mol. The summed E-state index contributed by atoms with van der Waals surface area (Å²) >= 11 is 0. The molecule has 0 spiro atoms. The lowest BCUT2D eigenvalue weighted by molar-refractivity contribution is -0.146. The minimum absolute atomic E-state index is 0.210. The lowest BCUT2D eigenvalue weighted by Gasteiger charge is -2.31. The number of carboxylic acid groups (broad SMARTS) is 1. The second-order valence-electron chi connectivity index (χ2n) is 5.68. The molecule has 0 radical (unpaired) electrons. The van der Waals surface area contributed by atoms with Gasteiger partial charge >= 0.3 is 5.97 Å². The van der Waals surface area contributed by atoms with Crippen LogP contribution >= 0.6 is 0 Å². The van der Waals surface area contributed by atoms with Gasteiger partial charge in [0, 0.05) is 6.61 Å². The minimum atomic E-state index is -0.709. The van der Waals surface area contributed by atoms with Crippen LogP contribution in [0.1, 0.15) is 51.4 Å². The van der Waals surface area contributed by atoms with Crippen molar-refractivity contribution in [2.75, 3.05) is 13.7 Å². The maximum atomic E-state index is 11.5. The van der Waals surface area contributed by atoms with E-state index in [-0.39, 0.29) is 5.92 Å². The highest BCUT2D eigenvalue weighted by molar-refractivity contribution is 5.79. The van der Waals surface area contributed by atoms with Crippen LogP contribution in [0.3, 0.4) is 0 Å². The van der Waals surface area contributed by atoms with Crippen molar-refractivity contribution in [1.82, 2.24) is 5.32 Å². The Labute approximate surface area is 109 Å². The summed E-state index contributed by atoms with van der Waals surface area (Å²) in [5.41, 5.74) is -0.709. The zero-order chi connectivity index (χ0) is 13.0. The second-order valence-corrected chi connectivity index (χ2v) is 5.68. The van der Waals surface area contributed by atoms with Gasteiger partial charge in [0.15, 0.2) is 0 Å². The van der Waals surface area contributed by atoms with Gasteiger partial charge in [0.2, 0.25) is 0 Å². The van der Waals surface area contributed by atoms with Crippen molar-refractivity contribution in [2.24, 2.45) is 5.92 Å². The molecule has 0 amide bonds. The van der Waals surface area contributed by atoms with Gasteiger partial charge in [0.05, 0.1) is 6.10 Å². The smallest absolute Gasteiger partial charge is 0.324 e. The fourth-order valence-electron chi connectivity index (χ4n) is 3.62. The number of aliphatic carboxylic acids is 1. The number of likely N-dealkylation sites (N-methyl/N-ethyl adjacent to an activating group) is 1. The van der Waals surface area contributed by atoms with Gasteiger partial charge in [-0.3, -0.25) is 4.79 Å². The van der Waals surface area contributed by atoms with Crippen molar-refractivity contribution >= 4 is 5.97 Å². The molecule has 4 heteroatoms. The van der Waals surface area contributed by atoms with Crippen LogP contribution in [-0.4, -0.2) is 36.4 Å². The van der Waals surface area contributed by atoms with Crippen molar-refractivity contribution < 1.29 is 14.6 Å². The Balaban J connectivity index is 1.81. The summed E-state index contributed by atoms with van der Waals surface area (Å²) in [5, 5.41) is 12.5. The Morgan fingerprint density at radius 3 is 2.67 bits per heavy atom. The monoisotopic (exact) mass is 255 g/mol. The lowest BCUT2D eigenvalue weighted by atomic mass is 9.85. The number of ether oxygens (including phenoxy) is 1. The van der Waals surface area contributed by atoms with E-state index in [2.05, 4.69) is 5.32 Å². The SMILES string of the molecule is CNC1(C(=O)O)CCCC1CCOC1CCCC1. The van der Waals surface area contributed by atoms with E-state index in [1.807, 2.05) is 0 Å². The van der Waals surface area contributed by atoms with Gasteiger partial charge in [-0.1, -0.05) is 19.3 Å². The van der Waals surface area contributed by atoms with Gasteiger partial charge < -0.3 is 15.2 Å². The van der Waals surface area contributed by atoms with Gasteiger partial charge in [0.1, 0.15) is 5.54 Å². The Morgan fingerprint density at radius 1 is 1.33 bits per heavy atom. The highest BCUT2D eigenvalue weighted by atomic mass is 16.5. The first-order chi connectivity index (χ1) is 8.69. The summed E-state index contributed by atoms with van der Waals surface area (Å²) in [7, 11) is 1.77. The molecule has 2 rings (SSSR count). The quantitative estimate of drug-likeness (QED) is 0.763. The van der Waals surface area contributed by atoms with E-state index in [9.17, 15) is 9.90 Å². The Bertz CT molecular complexity index is 289. The first kappa shape index (κ1) is 13.8. The fourth-order valence-corrected chi connectivity index (χ4v) is 3.62. The first-order valence-electron chi connectivity index (χ1n) is 7.23. The van der Waals surface area contributed by atoms with Crippen molar-refractivity contribution in [3.63, 3.8) is 0 Å². The van der Waals surface area contributed by atoms with E-state index in [4.69, 9.17) is 4.74 Å². The van der Waals surface area contributed by atoms with Crippen molar-refractivity contribution in [3.05, 3.63) is 0 Å². The Hall–Kier alpha value is -0.610. The summed E-state index contributed by atoms with van der Waals surface area (Å²) in [4.78, 5) is 11.5. The number of hydrogen-bond acceptors (Lipinski definition) is 3. The van der Waals surface area contributed by atoms with E-state index >= 15 is 0 Å². The molecule has 2 N–H and O–H groups in total. The summed E-state index contributed by atoms with van der Waals surface area (Å²) in [6.45, 7) is 0.714. The summed E-state index contributed by atoms with van der Waals surface area (Å²) in [5.74, 6) is -0.491. The molecule has 2 unspecified atom stereocenters. The van der Waals surface area contributed by atoms with Gasteiger partial charge in [-0.15, -0.1) is 0 Å². The number of carboxylic acids is 1. The van der Waals surface area contributed by atoms with Crippen LogP contribution in [0.2, 0.25) is 0 Å². The van der Waals surface area contributed by atoms with E-state index in [0.29, 0.717) is 12.7 Å². The number of carbonyl (C=O) groups is 1. The highest BCUT2D eigenvalue weighted by Crippen LogP contribution is 2.38. The van der Waals surface area contributed by atoms with E-state index in [0.717, 1.165) is 25.7 Å². The summed E-state index contributed by atoms with van der Waals surface area (Å²) < 4.78 is 5.86. The molecule has 0 aliphatic heterocycles. The van der Waals surface area contributed by atoms with Crippen LogP contribution in [-0.2, 0) is 9.53 Å². The third-order valence-corrected chi connectivity index (χ3v) is 4.77. The second kappa shape index (κ2) is 6.02. The molecule has 2 fully saturated rings. The lowest BCUT2D eigenvalue weighted by Crippen LogP contribution is -2.53. The zero-order valence-electron chi connectivity index (χ0n) is 11.3. The third kappa shape index (κ3) is 2.69. The molecular weight excluding hydrogens is 230 g/mol. The summed E-state index contributed by atoms with van der Waals surface area (Å²) in [6, 6.07) is 0. The van der Waals surface area contributed by atoms with Crippen molar-refractivity contribution in [1.29, 1.82) is 0 Å². The maximum absolute atomic E-state index is 11.5. The fraction of sp³-hybridized carbons (Fsp3) is 0.929. The molecule has 0 heterocycles. The van der Waals surface area contributed by atoms with Gasteiger partial charge in [-0.25, -0.2) is 0 Å². The van der Waals surface area contributed by atoms with Crippen LogP contribution in [0.4, 0.5) is 0 Å². The van der Waals surface area contributed by atoms with Crippen LogP contribution in [0.25, 0.3) is 0 Å². The largest absolute Gasteiger partial charge is 0.480 e. The summed E-state index contributed by atoms with van der Waals surface area (Å²) in [6.07, 6.45) is 8.97. The van der Waals surface area contributed by atoms with Crippen LogP contribution < -0.4 is 5.32 Å². The standard InChI is InChI=1S/C14H25NO3/c1-15-14(13(16)17)9-4-5-11(14)8-10-18-12-6-2-3-7-12/h11-12,15H,2-10H2,1H3,(H,16,17). The number of rotatable bonds is 6. The molecule has 0 aromatic rings. The predicted molar refractivity (Wildman–Crippen MR) is 69.6 cm³/mol. The molecule has 0 aromatic carbocycles. The molecule has 2 aliphatic rings. The first-order valence-corrected chi connectivity index (χ1v) is 7.23. The molecule has 0 saturated heterocycles. The molecular formula is C14H25NO3. The Kier molecular flexibility index (Phi) is 4.62. The molecule has 2 atom stereocenters. The minimum Gasteiger partial charge on any atom is -0.480 e. The molecule has 18 heavy (non-hydrogen) atoms. The molecule has 2 aliphatic carbocycles. The number of hydrogen-bond donors (Lipinski definition) is 2. The molecule has 0 bridgehead atoms. The van der Waals surface area contributed by atoms with Crippen LogP contribution in [0.15, 0.2) is 0 Å². The average Bonchev–Trinajstić information content (AvgIpc) is 2.98. The Morgan fingerprint density at radius 2 is 2.06 bits per heavy atom. The topological polar surface area (TPSA) is 58.6 Å². The van der Waals surface area contributed by atoms with Crippen molar-refractivity contribution in [2.45, 2.75) is 63.0 Å². The van der Waals surface area contributed by atoms with Gasteiger partial charge in [0.25, 0.3) is 0 Å². The van der Waals surface area contributed by atoms with E-state index in [1.54, 1.807) is 7.05 Å². The predicted octanol–water partition coefficient (Wildman–Crippen LogP) is 2.18. The van der Waals surface area contributed by atoms with Crippen LogP contribution in [0.5, 0.6) is 0 Å².